The molecule has 0 saturated carbocycles. The number of nitrogens with zero attached hydrogens (tertiary/aromatic N) is 3. The minimum Gasteiger partial charge on any atom is -0.348 e. The van der Waals surface area contributed by atoms with Crippen molar-refractivity contribution in [2.75, 3.05) is 6.54 Å². The van der Waals surface area contributed by atoms with Crippen LogP contribution in [0.3, 0.4) is 0 Å². The molecule has 0 spiro atoms. The van der Waals surface area contributed by atoms with E-state index in [1.54, 1.807) is 18.3 Å². The topological polar surface area (TPSA) is 71.8 Å². The number of rotatable bonds is 4. The van der Waals surface area contributed by atoms with Gasteiger partial charge in [-0.25, -0.2) is 9.07 Å². The number of hydrogen-bond acceptors (Lipinski definition) is 4. The molecule has 3 rings (SSSR count). The Labute approximate surface area is 146 Å². The Morgan fingerprint density at radius 2 is 2.33 bits per heavy atom. The van der Waals surface area contributed by atoms with Crippen molar-refractivity contribution >= 4 is 18.3 Å². The van der Waals surface area contributed by atoms with Crippen LogP contribution >= 0.6 is 12.4 Å². The molecule has 2 unspecified atom stereocenters. The maximum atomic E-state index is 13.2. The molecule has 0 bridgehead atoms. The van der Waals surface area contributed by atoms with Gasteiger partial charge >= 0.3 is 0 Å². The summed E-state index contributed by atoms with van der Waals surface area (Å²) in [5.41, 5.74) is 1.06. The molecule has 2 aromatic rings. The van der Waals surface area contributed by atoms with Crippen molar-refractivity contribution < 1.29 is 9.18 Å². The fourth-order valence-corrected chi connectivity index (χ4v) is 2.82. The zero-order valence-corrected chi connectivity index (χ0v) is 14.2. The first-order chi connectivity index (χ1) is 11.1. The van der Waals surface area contributed by atoms with Gasteiger partial charge in [-0.05, 0) is 44.0 Å². The number of amides is 1. The molecule has 1 aromatic carbocycles. The molecule has 130 valence electrons. The van der Waals surface area contributed by atoms with Crippen LogP contribution in [0.5, 0.6) is 0 Å². The van der Waals surface area contributed by atoms with Crippen molar-refractivity contribution in [3.8, 4) is 0 Å². The summed E-state index contributed by atoms with van der Waals surface area (Å²) in [5, 5.41) is 14.2. The minimum absolute atomic E-state index is 0. The molecule has 2 N–H and O–H groups in total. The van der Waals surface area contributed by atoms with Crippen LogP contribution in [0.4, 0.5) is 4.39 Å². The molecular formula is C16H21ClFN5O. The molecule has 1 aromatic heterocycles. The van der Waals surface area contributed by atoms with Crippen LogP contribution < -0.4 is 10.6 Å². The van der Waals surface area contributed by atoms with E-state index in [9.17, 15) is 9.18 Å². The monoisotopic (exact) mass is 353 g/mol. The fourth-order valence-electron chi connectivity index (χ4n) is 2.82. The minimum atomic E-state index is -0.291. The molecule has 1 amide bonds. The highest BCUT2D eigenvalue weighted by Gasteiger charge is 2.21. The second-order valence-electron chi connectivity index (χ2n) is 5.98. The van der Waals surface area contributed by atoms with Crippen LogP contribution in [-0.2, 0) is 6.54 Å². The third kappa shape index (κ3) is 4.75. The summed E-state index contributed by atoms with van der Waals surface area (Å²) in [5.74, 6) is -0.504. The first kappa shape index (κ1) is 18.4. The molecule has 1 saturated heterocycles. The van der Waals surface area contributed by atoms with Gasteiger partial charge in [-0.2, -0.15) is 0 Å². The first-order valence-electron chi connectivity index (χ1n) is 7.79. The molecule has 8 heteroatoms. The van der Waals surface area contributed by atoms with Crippen molar-refractivity contribution in [1.29, 1.82) is 0 Å². The number of halogens is 2. The Morgan fingerprint density at radius 3 is 3.08 bits per heavy atom. The number of benzene rings is 1. The number of hydrogen-bond donors (Lipinski definition) is 2. The van der Waals surface area contributed by atoms with Gasteiger partial charge in [0, 0.05) is 12.1 Å². The number of carbonyl (C=O) groups excluding carboxylic acids is 1. The van der Waals surface area contributed by atoms with E-state index >= 15 is 0 Å². The maximum absolute atomic E-state index is 13.2. The third-order valence-electron chi connectivity index (χ3n) is 3.96. The second-order valence-corrected chi connectivity index (χ2v) is 5.98. The Hall–Kier alpha value is -1.99. The smallest absolute Gasteiger partial charge is 0.273 e. The van der Waals surface area contributed by atoms with Gasteiger partial charge < -0.3 is 10.6 Å². The Morgan fingerprint density at radius 1 is 1.50 bits per heavy atom. The average Bonchev–Trinajstić information content (AvgIpc) is 2.96. The van der Waals surface area contributed by atoms with Crippen LogP contribution in [0.15, 0.2) is 30.5 Å². The molecule has 2 heterocycles. The summed E-state index contributed by atoms with van der Waals surface area (Å²) >= 11 is 0. The molecule has 0 radical (unpaired) electrons. The SMILES string of the molecule is CC1CC(NC(=O)c2cn(Cc3cccc(F)c3)nn2)CCN1.Cl. The van der Waals surface area contributed by atoms with Crippen molar-refractivity contribution in [2.24, 2.45) is 0 Å². The normalized spacial score (nSPS) is 20.2. The highest BCUT2D eigenvalue weighted by Crippen LogP contribution is 2.09. The molecule has 0 aliphatic carbocycles. The van der Waals surface area contributed by atoms with Crippen molar-refractivity contribution in [3.05, 3.63) is 47.5 Å². The van der Waals surface area contributed by atoms with Gasteiger partial charge in [-0.1, -0.05) is 17.3 Å². The largest absolute Gasteiger partial charge is 0.348 e. The molecular weight excluding hydrogens is 333 g/mol. The lowest BCUT2D eigenvalue weighted by atomic mass is 10.0. The van der Waals surface area contributed by atoms with Crippen molar-refractivity contribution in [3.63, 3.8) is 0 Å². The van der Waals surface area contributed by atoms with Crippen LogP contribution in [0.1, 0.15) is 35.8 Å². The predicted octanol–water partition coefficient (Wildman–Crippen LogP) is 1.76. The highest BCUT2D eigenvalue weighted by molar-refractivity contribution is 5.92. The van der Waals surface area contributed by atoms with E-state index in [0.29, 0.717) is 12.6 Å². The summed E-state index contributed by atoms with van der Waals surface area (Å²) in [6.45, 7) is 3.38. The maximum Gasteiger partial charge on any atom is 0.273 e. The van der Waals surface area contributed by atoms with Crippen LogP contribution in [0.25, 0.3) is 0 Å². The van der Waals surface area contributed by atoms with Gasteiger partial charge in [0.25, 0.3) is 5.91 Å². The van der Waals surface area contributed by atoms with Gasteiger partial charge in [-0.15, -0.1) is 17.5 Å². The quantitative estimate of drug-likeness (QED) is 0.878. The van der Waals surface area contributed by atoms with E-state index < -0.39 is 0 Å². The van der Waals surface area contributed by atoms with Crippen LogP contribution in [0.2, 0.25) is 0 Å². The van der Waals surface area contributed by atoms with E-state index in [4.69, 9.17) is 0 Å². The molecule has 24 heavy (non-hydrogen) atoms. The molecule has 1 aliphatic heterocycles. The van der Waals surface area contributed by atoms with E-state index in [2.05, 4.69) is 27.9 Å². The molecule has 1 fully saturated rings. The molecule has 6 nitrogen and oxygen atoms in total. The summed E-state index contributed by atoms with van der Waals surface area (Å²) in [4.78, 5) is 12.2. The summed E-state index contributed by atoms with van der Waals surface area (Å²) in [6, 6.07) is 6.85. The number of carbonyl (C=O) groups is 1. The number of piperidine rings is 1. The van der Waals surface area contributed by atoms with E-state index in [1.807, 2.05) is 0 Å². The zero-order valence-electron chi connectivity index (χ0n) is 13.4. The van der Waals surface area contributed by atoms with Gasteiger partial charge in [0.05, 0.1) is 12.7 Å². The number of nitrogens with one attached hydrogen (secondary N) is 2. The summed E-state index contributed by atoms with van der Waals surface area (Å²) in [7, 11) is 0. The van der Waals surface area contributed by atoms with E-state index in [1.165, 1.54) is 16.8 Å². The van der Waals surface area contributed by atoms with Crippen molar-refractivity contribution in [1.82, 2.24) is 25.6 Å². The number of aromatic nitrogens is 3. The van der Waals surface area contributed by atoms with E-state index in [-0.39, 0.29) is 35.9 Å². The van der Waals surface area contributed by atoms with Crippen LogP contribution in [-0.4, -0.2) is 39.5 Å². The van der Waals surface area contributed by atoms with Gasteiger partial charge in [0.2, 0.25) is 0 Å². The molecule has 2 atom stereocenters. The Bertz CT molecular complexity index is 693. The van der Waals surface area contributed by atoms with Gasteiger partial charge in [0.1, 0.15) is 5.82 Å². The van der Waals surface area contributed by atoms with Crippen LogP contribution in [0, 0.1) is 5.82 Å². The Kier molecular flexibility index (Phi) is 6.28. The lowest BCUT2D eigenvalue weighted by Gasteiger charge is -2.28. The zero-order chi connectivity index (χ0) is 16.2. The van der Waals surface area contributed by atoms with E-state index in [0.717, 1.165) is 24.9 Å². The predicted molar refractivity (Wildman–Crippen MR) is 90.7 cm³/mol. The molecule has 1 aliphatic rings. The summed E-state index contributed by atoms with van der Waals surface area (Å²) < 4.78 is 14.7. The van der Waals surface area contributed by atoms with Gasteiger partial charge in [0.15, 0.2) is 5.69 Å². The fraction of sp³-hybridized carbons (Fsp3) is 0.438. The van der Waals surface area contributed by atoms with Gasteiger partial charge in [-0.3, -0.25) is 4.79 Å². The van der Waals surface area contributed by atoms with Crippen molar-refractivity contribution in [2.45, 2.75) is 38.4 Å². The second kappa shape index (κ2) is 8.21. The first-order valence-corrected chi connectivity index (χ1v) is 7.79. The Balaban J connectivity index is 0.00000208. The standard InChI is InChI=1S/C16H20FN5O.ClH/c1-11-7-14(5-6-18-11)19-16(23)15-10-22(21-20-15)9-12-3-2-4-13(17)8-12;/h2-4,8,10-11,14,18H,5-7,9H2,1H3,(H,19,23);1H. The summed E-state index contributed by atoms with van der Waals surface area (Å²) in [6.07, 6.45) is 3.40. The highest BCUT2D eigenvalue weighted by atomic mass is 35.5. The lowest BCUT2D eigenvalue weighted by molar-refractivity contribution is 0.0920. The average molecular weight is 354 g/mol. The third-order valence-corrected chi connectivity index (χ3v) is 3.96. The lowest BCUT2D eigenvalue weighted by Crippen LogP contribution is -2.46.